The maximum atomic E-state index is 11.4. The van der Waals surface area contributed by atoms with Crippen LogP contribution in [0.15, 0.2) is 12.2 Å². The Morgan fingerprint density at radius 3 is 2.06 bits per heavy atom. The van der Waals surface area contributed by atoms with Gasteiger partial charge in [-0.15, -0.1) is 6.58 Å². The summed E-state index contributed by atoms with van der Waals surface area (Å²) in [6, 6.07) is 0. The first kappa shape index (κ1) is 17.2. The van der Waals surface area contributed by atoms with Crippen LogP contribution in [0.3, 0.4) is 0 Å². The summed E-state index contributed by atoms with van der Waals surface area (Å²) in [7, 11) is 0. The molecule has 0 radical (unpaired) electrons. The van der Waals surface area contributed by atoms with E-state index >= 15 is 0 Å². The highest BCUT2D eigenvalue weighted by Crippen LogP contribution is 2.11. The molecule has 106 valence electrons. The molecule has 0 heterocycles. The number of allylic oxidation sites excluding steroid dienone is 1. The molecular weight excluding hydrogens is 224 g/mol. The summed E-state index contributed by atoms with van der Waals surface area (Å²) in [4.78, 5) is 11.4. The Hall–Kier alpha value is -0.790. The Morgan fingerprint density at radius 2 is 1.56 bits per heavy atom. The molecule has 0 N–H and O–H groups in total. The van der Waals surface area contributed by atoms with Gasteiger partial charge in [0.2, 0.25) is 0 Å². The lowest BCUT2D eigenvalue weighted by Gasteiger charge is -2.10. The van der Waals surface area contributed by atoms with E-state index in [0.717, 1.165) is 25.7 Å². The van der Waals surface area contributed by atoms with E-state index in [4.69, 9.17) is 4.74 Å². The van der Waals surface area contributed by atoms with Crippen LogP contribution in [0.1, 0.15) is 78.6 Å². The van der Waals surface area contributed by atoms with Gasteiger partial charge in [-0.25, -0.2) is 0 Å². The standard InChI is InChI=1S/C16H30O2/c1-5-15(4)18-16(17)13-11-9-7-6-8-10-12-14(2)3/h15H,2,5-13H2,1,3-4H3. The minimum absolute atomic E-state index is 0.0355. The van der Waals surface area contributed by atoms with Crippen molar-refractivity contribution in [2.45, 2.75) is 84.7 Å². The molecule has 0 bridgehead atoms. The lowest BCUT2D eigenvalue weighted by Crippen LogP contribution is -2.13. The van der Waals surface area contributed by atoms with E-state index in [-0.39, 0.29) is 12.1 Å². The van der Waals surface area contributed by atoms with Crippen LogP contribution in [0.4, 0.5) is 0 Å². The van der Waals surface area contributed by atoms with Crippen LogP contribution < -0.4 is 0 Å². The molecule has 0 aliphatic carbocycles. The molecule has 0 aromatic carbocycles. The van der Waals surface area contributed by atoms with E-state index in [2.05, 4.69) is 13.5 Å². The van der Waals surface area contributed by atoms with Crippen molar-refractivity contribution in [3.63, 3.8) is 0 Å². The monoisotopic (exact) mass is 254 g/mol. The Labute approximate surface area is 113 Å². The van der Waals surface area contributed by atoms with Crippen LogP contribution in [0.5, 0.6) is 0 Å². The molecule has 0 aromatic heterocycles. The minimum Gasteiger partial charge on any atom is -0.463 e. The lowest BCUT2D eigenvalue weighted by atomic mass is 10.1. The van der Waals surface area contributed by atoms with Crippen molar-refractivity contribution < 1.29 is 9.53 Å². The van der Waals surface area contributed by atoms with Crippen molar-refractivity contribution in [3.8, 4) is 0 Å². The zero-order valence-electron chi connectivity index (χ0n) is 12.5. The average molecular weight is 254 g/mol. The smallest absolute Gasteiger partial charge is 0.306 e. The van der Waals surface area contributed by atoms with E-state index < -0.39 is 0 Å². The summed E-state index contributed by atoms with van der Waals surface area (Å²) in [5.74, 6) is -0.0355. The third-order valence-corrected chi connectivity index (χ3v) is 3.14. The fraction of sp³-hybridized carbons (Fsp3) is 0.812. The van der Waals surface area contributed by atoms with Gasteiger partial charge in [0.15, 0.2) is 0 Å². The zero-order chi connectivity index (χ0) is 13.8. The van der Waals surface area contributed by atoms with Crippen molar-refractivity contribution >= 4 is 5.97 Å². The summed E-state index contributed by atoms with van der Waals surface area (Å²) in [5.41, 5.74) is 1.28. The second-order valence-electron chi connectivity index (χ2n) is 5.29. The first-order valence-electron chi connectivity index (χ1n) is 7.40. The molecule has 0 fully saturated rings. The second-order valence-corrected chi connectivity index (χ2v) is 5.29. The Balaban J connectivity index is 3.25. The predicted molar refractivity (Wildman–Crippen MR) is 77.6 cm³/mol. The molecule has 2 heteroatoms. The highest BCUT2D eigenvalue weighted by molar-refractivity contribution is 5.69. The minimum atomic E-state index is -0.0355. The molecule has 18 heavy (non-hydrogen) atoms. The SMILES string of the molecule is C=C(C)CCCCCCCCC(=O)OC(C)CC. The first-order valence-corrected chi connectivity index (χ1v) is 7.40. The normalized spacial score (nSPS) is 12.2. The summed E-state index contributed by atoms with van der Waals surface area (Å²) in [6.07, 6.45) is 9.85. The van der Waals surface area contributed by atoms with Crippen molar-refractivity contribution in [1.29, 1.82) is 0 Å². The lowest BCUT2D eigenvalue weighted by molar-refractivity contribution is -0.148. The van der Waals surface area contributed by atoms with Crippen LogP contribution in [-0.4, -0.2) is 12.1 Å². The maximum absolute atomic E-state index is 11.4. The second kappa shape index (κ2) is 11.3. The van der Waals surface area contributed by atoms with Crippen LogP contribution in [0.2, 0.25) is 0 Å². The summed E-state index contributed by atoms with van der Waals surface area (Å²) in [5, 5.41) is 0. The number of hydrogen-bond donors (Lipinski definition) is 0. The molecule has 0 aliphatic heterocycles. The summed E-state index contributed by atoms with van der Waals surface area (Å²) < 4.78 is 5.22. The number of ether oxygens (including phenoxy) is 1. The van der Waals surface area contributed by atoms with Crippen molar-refractivity contribution in [3.05, 3.63) is 12.2 Å². The third-order valence-electron chi connectivity index (χ3n) is 3.14. The molecule has 0 aliphatic rings. The third kappa shape index (κ3) is 11.7. The van der Waals surface area contributed by atoms with Gasteiger partial charge in [-0.3, -0.25) is 4.79 Å². The van der Waals surface area contributed by atoms with Gasteiger partial charge in [-0.1, -0.05) is 38.2 Å². The van der Waals surface area contributed by atoms with Gasteiger partial charge >= 0.3 is 5.97 Å². The molecule has 0 aromatic rings. The first-order chi connectivity index (χ1) is 8.56. The Kier molecular flexibility index (Phi) is 10.8. The molecule has 1 atom stereocenters. The summed E-state index contributed by atoms with van der Waals surface area (Å²) in [6.45, 7) is 9.96. The molecule has 0 spiro atoms. The predicted octanol–water partition coefficient (Wildman–Crippen LogP) is 5.03. The summed E-state index contributed by atoms with van der Waals surface area (Å²) >= 11 is 0. The Bertz CT molecular complexity index is 233. The zero-order valence-corrected chi connectivity index (χ0v) is 12.5. The van der Waals surface area contributed by atoms with Gasteiger partial charge in [0, 0.05) is 6.42 Å². The van der Waals surface area contributed by atoms with E-state index in [1.54, 1.807) is 0 Å². The topological polar surface area (TPSA) is 26.3 Å². The fourth-order valence-corrected chi connectivity index (χ4v) is 1.77. The number of esters is 1. The quantitative estimate of drug-likeness (QED) is 0.294. The molecule has 0 saturated carbocycles. The average Bonchev–Trinajstić information content (AvgIpc) is 2.31. The number of carbonyl (C=O) groups excluding carboxylic acids is 1. The van der Waals surface area contributed by atoms with Crippen molar-refractivity contribution in [1.82, 2.24) is 0 Å². The molecular formula is C16H30O2. The van der Waals surface area contributed by atoms with E-state index in [1.165, 1.54) is 31.3 Å². The van der Waals surface area contributed by atoms with Crippen LogP contribution in [-0.2, 0) is 9.53 Å². The highest BCUT2D eigenvalue weighted by Gasteiger charge is 2.06. The number of carbonyl (C=O) groups is 1. The highest BCUT2D eigenvalue weighted by atomic mass is 16.5. The molecule has 0 amide bonds. The van der Waals surface area contributed by atoms with Gasteiger partial charge in [0.1, 0.15) is 0 Å². The number of rotatable bonds is 11. The van der Waals surface area contributed by atoms with Crippen molar-refractivity contribution in [2.24, 2.45) is 0 Å². The van der Waals surface area contributed by atoms with Crippen molar-refractivity contribution in [2.75, 3.05) is 0 Å². The van der Waals surface area contributed by atoms with Gasteiger partial charge in [-0.2, -0.15) is 0 Å². The van der Waals surface area contributed by atoms with Crippen LogP contribution in [0, 0.1) is 0 Å². The van der Waals surface area contributed by atoms with E-state index in [1.807, 2.05) is 13.8 Å². The van der Waals surface area contributed by atoms with Crippen LogP contribution in [0.25, 0.3) is 0 Å². The Morgan fingerprint density at radius 1 is 1.06 bits per heavy atom. The molecule has 2 nitrogen and oxygen atoms in total. The molecule has 0 rings (SSSR count). The van der Waals surface area contributed by atoms with Gasteiger partial charge < -0.3 is 4.74 Å². The number of hydrogen-bond acceptors (Lipinski definition) is 2. The fourth-order valence-electron chi connectivity index (χ4n) is 1.77. The van der Waals surface area contributed by atoms with Gasteiger partial charge in [-0.05, 0) is 39.5 Å². The largest absolute Gasteiger partial charge is 0.463 e. The molecule has 1 unspecified atom stereocenters. The van der Waals surface area contributed by atoms with E-state index in [0.29, 0.717) is 6.42 Å². The van der Waals surface area contributed by atoms with E-state index in [9.17, 15) is 4.79 Å². The van der Waals surface area contributed by atoms with Gasteiger partial charge in [0.05, 0.1) is 6.10 Å². The van der Waals surface area contributed by atoms with Crippen LogP contribution >= 0.6 is 0 Å². The van der Waals surface area contributed by atoms with Gasteiger partial charge in [0.25, 0.3) is 0 Å². The maximum Gasteiger partial charge on any atom is 0.306 e. The number of unbranched alkanes of at least 4 members (excludes halogenated alkanes) is 5. The molecule has 0 saturated heterocycles.